The molecule has 3 rings (SSSR count). The topological polar surface area (TPSA) is 71.1 Å². The molecule has 2 amide bonds. The van der Waals surface area contributed by atoms with Crippen LogP contribution in [0.15, 0.2) is 42.5 Å². The van der Waals surface area contributed by atoms with Crippen LogP contribution in [0.25, 0.3) is 0 Å². The minimum absolute atomic E-state index is 0.0195. The van der Waals surface area contributed by atoms with Gasteiger partial charge in [0.1, 0.15) is 0 Å². The van der Waals surface area contributed by atoms with E-state index >= 15 is 0 Å². The summed E-state index contributed by atoms with van der Waals surface area (Å²) >= 11 is 0. The molecule has 2 aromatic rings. The van der Waals surface area contributed by atoms with Crippen molar-refractivity contribution in [3.63, 3.8) is 0 Å². The van der Waals surface area contributed by atoms with Crippen molar-refractivity contribution in [3.05, 3.63) is 59.2 Å². The molecule has 0 saturated carbocycles. The monoisotopic (exact) mass is 425 g/mol. The van der Waals surface area contributed by atoms with Crippen LogP contribution < -0.4 is 14.8 Å². The molecule has 1 N–H and O–H groups in total. The number of likely N-dealkylation sites (N-methyl/N-ethyl adjacent to an activating group) is 1. The van der Waals surface area contributed by atoms with Gasteiger partial charge in [0.15, 0.2) is 18.1 Å². The van der Waals surface area contributed by atoms with Crippen LogP contribution in [-0.2, 0) is 11.3 Å². The lowest BCUT2D eigenvalue weighted by molar-refractivity contribution is -0.122. The van der Waals surface area contributed by atoms with E-state index in [-0.39, 0.29) is 18.4 Å². The van der Waals surface area contributed by atoms with E-state index in [1.165, 1.54) is 18.2 Å². The molecular weight excluding hydrogens is 394 g/mol. The fourth-order valence-electron chi connectivity index (χ4n) is 3.68. The molecular formula is C24H31N3O4. The number of ether oxygens (including phenoxy) is 2. The van der Waals surface area contributed by atoms with Crippen LogP contribution in [0.3, 0.4) is 0 Å². The standard InChI is InChI=1S/C24H31N3O4/c1-18-7-4-5-8-20(18)16-26-11-6-12-27(14-13-26)24(29)19-9-10-21(22(15-19)30-3)31-17-23(28)25-2/h4-5,7-10,15H,6,11-14,16-17H2,1-3H3,(H,25,28). The van der Waals surface area contributed by atoms with Crippen molar-refractivity contribution in [2.24, 2.45) is 0 Å². The molecule has 0 radical (unpaired) electrons. The minimum Gasteiger partial charge on any atom is -0.493 e. The Morgan fingerprint density at radius 3 is 2.58 bits per heavy atom. The SMILES string of the molecule is CNC(=O)COc1ccc(C(=O)N2CCCN(Cc3ccccc3C)CC2)cc1OC. The zero-order valence-electron chi connectivity index (χ0n) is 18.5. The summed E-state index contributed by atoms with van der Waals surface area (Å²) in [5.74, 6) is 0.615. The van der Waals surface area contributed by atoms with Gasteiger partial charge in [-0.15, -0.1) is 0 Å². The molecule has 0 atom stereocenters. The first-order chi connectivity index (χ1) is 15.0. The normalized spacial score (nSPS) is 14.6. The maximum Gasteiger partial charge on any atom is 0.257 e. The van der Waals surface area contributed by atoms with E-state index in [4.69, 9.17) is 9.47 Å². The van der Waals surface area contributed by atoms with Crippen molar-refractivity contribution >= 4 is 11.8 Å². The van der Waals surface area contributed by atoms with Gasteiger partial charge in [0.2, 0.25) is 0 Å². The van der Waals surface area contributed by atoms with Crippen LogP contribution in [0.4, 0.5) is 0 Å². The number of carbonyl (C=O) groups is 2. The van der Waals surface area contributed by atoms with Crippen LogP contribution >= 0.6 is 0 Å². The Bertz CT molecular complexity index is 915. The molecule has 1 aliphatic rings. The van der Waals surface area contributed by atoms with E-state index in [1.54, 1.807) is 25.2 Å². The van der Waals surface area contributed by atoms with Gasteiger partial charge in [-0.3, -0.25) is 14.5 Å². The lowest BCUT2D eigenvalue weighted by atomic mass is 10.1. The third-order valence-electron chi connectivity index (χ3n) is 5.58. The third-order valence-corrected chi connectivity index (χ3v) is 5.58. The van der Waals surface area contributed by atoms with Gasteiger partial charge in [0.05, 0.1) is 7.11 Å². The predicted octanol–water partition coefficient (Wildman–Crippen LogP) is 2.48. The Kier molecular flexibility index (Phi) is 7.89. The second-order valence-electron chi connectivity index (χ2n) is 7.68. The molecule has 1 aliphatic heterocycles. The average molecular weight is 426 g/mol. The Balaban J connectivity index is 1.63. The summed E-state index contributed by atoms with van der Waals surface area (Å²) in [6.07, 6.45) is 0.933. The number of nitrogens with zero attached hydrogens (tertiary/aromatic N) is 2. The fraction of sp³-hybridized carbons (Fsp3) is 0.417. The fourth-order valence-corrected chi connectivity index (χ4v) is 3.68. The number of hydrogen-bond donors (Lipinski definition) is 1. The van der Waals surface area contributed by atoms with Crippen LogP contribution in [0, 0.1) is 6.92 Å². The van der Waals surface area contributed by atoms with Crippen molar-refractivity contribution in [1.82, 2.24) is 15.1 Å². The van der Waals surface area contributed by atoms with E-state index in [2.05, 4.69) is 41.4 Å². The van der Waals surface area contributed by atoms with Gasteiger partial charge in [-0.05, 0) is 42.7 Å². The van der Waals surface area contributed by atoms with Crippen molar-refractivity contribution < 1.29 is 19.1 Å². The van der Waals surface area contributed by atoms with Crippen LogP contribution in [0.1, 0.15) is 27.9 Å². The molecule has 0 bridgehead atoms. The Morgan fingerprint density at radius 1 is 1.03 bits per heavy atom. The average Bonchev–Trinajstić information content (AvgIpc) is 3.04. The van der Waals surface area contributed by atoms with E-state index < -0.39 is 0 Å². The Morgan fingerprint density at radius 2 is 1.84 bits per heavy atom. The number of benzene rings is 2. The molecule has 7 heteroatoms. The lowest BCUT2D eigenvalue weighted by Gasteiger charge is -2.23. The highest BCUT2D eigenvalue weighted by molar-refractivity contribution is 5.95. The van der Waals surface area contributed by atoms with Crippen LogP contribution in [-0.4, -0.2) is 68.6 Å². The molecule has 1 fully saturated rings. The van der Waals surface area contributed by atoms with Gasteiger partial charge in [-0.1, -0.05) is 24.3 Å². The van der Waals surface area contributed by atoms with Gasteiger partial charge in [-0.25, -0.2) is 0 Å². The maximum absolute atomic E-state index is 13.1. The largest absolute Gasteiger partial charge is 0.493 e. The third kappa shape index (κ3) is 5.98. The second-order valence-corrected chi connectivity index (χ2v) is 7.68. The molecule has 1 saturated heterocycles. The second kappa shape index (κ2) is 10.8. The highest BCUT2D eigenvalue weighted by Crippen LogP contribution is 2.28. The van der Waals surface area contributed by atoms with Gasteiger partial charge in [0.25, 0.3) is 11.8 Å². The van der Waals surface area contributed by atoms with E-state index in [0.29, 0.717) is 23.6 Å². The molecule has 0 aromatic heterocycles. The number of methoxy groups -OCH3 is 1. The lowest BCUT2D eigenvalue weighted by Crippen LogP contribution is -2.35. The van der Waals surface area contributed by atoms with Crippen molar-refractivity contribution in [3.8, 4) is 11.5 Å². The Labute approximate surface area is 183 Å². The number of rotatable bonds is 7. The first-order valence-electron chi connectivity index (χ1n) is 10.6. The highest BCUT2D eigenvalue weighted by Gasteiger charge is 2.22. The minimum atomic E-state index is -0.234. The molecule has 31 heavy (non-hydrogen) atoms. The molecule has 0 unspecified atom stereocenters. The number of carbonyl (C=O) groups excluding carboxylic acids is 2. The summed E-state index contributed by atoms with van der Waals surface area (Å²) in [5, 5.41) is 2.50. The Hall–Kier alpha value is -3.06. The summed E-state index contributed by atoms with van der Waals surface area (Å²) in [6, 6.07) is 13.5. The maximum atomic E-state index is 13.1. The van der Waals surface area contributed by atoms with E-state index in [1.807, 2.05) is 4.90 Å². The number of nitrogens with one attached hydrogen (secondary N) is 1. The molecule has 2 aromatic carbocycles. The molecule has 7 nitrogen and oxygen atoms in total. The zero-order chi connectivity index (χ0) is 22.2. The zero-order valence-corrected chi connectivity index (χ0v) is 18.5. The highest BCUT2D eigenvalue weighted by atomic mass is 16.5. The number of hydrogen-bond acceptors (Lipinski definition) is 5. The summed E-state index contributed by atoms with van der Waals surface area (Å²) in [4.78, 5) is 28.8. The van der Waals surface area contributed by atoms with Gasteiger partial charge >= 0.3 is 0 Å². The van der Waals surface area contributed by atoms with Gasteiger partial charge in [-0.2, -0.15) is 0 Å². The van der Waals surface area contributed by atoms with Crippen LogP contribution in [0.2, 0.25) is 0 Å². The van der Waals surface area contributed by atoms with Gasteiger partial charge in [0, 0.05) is 45.3 Å². The number of aryl methyl sites for hydroxylation is 1. The summed E-state index contributed by atoms with van der Waals surface area (Å²) in [7, 11) is 3.07. The quantitative estimate of drug-likeness (QED) is 0.738. The molecule has 1 heterocycles. The summed E-state index contributed by atoms with van der Waals surface area (Å²) < 4.78 is 10.9. The van der Waals surface area contributed by atoms with E-state index in [9.17, 15) is 9.59 Å². The van der Waals surface area contributed by atoms with E-state index in [0.717, 1.165) is 32.6 Å². The molecule has 0 spiro atoms. The summed E-state index contributed by atoms with van der Waals surface area (Å²) in [5.41, 5.74) is 3.18. The first kappa shape index (κ1) is 22.6. The number of amides is 2. The molecule has 166 valence electrons. The van der Waals surface area contributed by atoms with Crippen LogP contribution in [0.5, 0.6) is 11.5 Å². The van der Waals surface area contributed by atoms with Crippen molar-refractivity contribution in [1.29, 1.82) is 0 Å². The van der Waals surface area contributed by atoms with Crippen molar-refractivity contribution in [2.45, 2.75) is 19.9 Å². The van der Waals surface area contributed by atoms with Gasteiger partial charge < -0.3 is 19.7 Å². The predicted molar refractivity (Wildman–Crippen MR) is 120 cm³/mol. The first-order valence-corrected chi connectivity index (χ1v) is 10.6. The van der Waals surface area contributed by atoms with Crippen molar-refractivity contribution in [2.75, 3.05) is 46.9 Å². The smallest absolute Gasteiger partial charge is 0.257 e. The molecule has 0 aliphatic carbocycles. The summed E-state index contributed by atoms with van der Waals surface area (Å²) in [6.45, 7) is 6.14.